The summed E-state index contributed by atoms with van der Waals surface area (Å²) in [6.07, 6.45) is 1.01. The van der Waals surface area contributed by atoms with Gasteiger partial charge in [-0.3, -0.25) is 0 Å². The Hall–Kier alpha value is -0.120. The molecule has 1 fully saturated rings. The molecule has 0 aromatic rings. The van der Waals surface area contributed by atoms with E-state index >= 15 is 0 Å². The lowest BCUT2D eigenvalue weighted by molar-refractivity contribution is 0.110. The molecule has 1 rings (SSSR count). The van der Waals surface area contributed by atoms with Gasteiger partial charge < -0.3 is 15.3 Å². The summed E-state index contributed by atoms with van der Waals surface area (Å²) in [5.41, 5.74) is 0.475. The largest absolute Gasteiger partial charge is 0.390 e. The smallest absolute Gasteiger partial charge is 0.0791 e. The summed E-state index contributed by atoms with van der Waals surface area (Å²) in [6.45, 7) is 17.1. The maximum absolute atomic E-state index is 10.1. The molecule has 0 amide bonds. The molecule has 0 spiro atoms. The number of rotatable bonds is 4. The Bertz CT molecular complexity index is 252. The molecule has 2 atom stereocenters. The van der Waals surface area contributed by atoms with Gasteiger partial charge in [0.25, 0.3) is 0 Å². The van der Waals surface area contributed by atoms with Crippen molar-refractivity contribution in [3.05, 3.63) is 0 Å². The van der Waals surface area contributed by atoms with Crippen molar-refractivity contribution in [3.63, 3.8) is 0 Å². The molecule has 1 aliphatic rings. The Morgan fingerprint density at radius 2 is 1.83 bits per heavy atom. The van der Waals surface area contributed by atoms with E-state index in [1.165, 1.54) is 6.42 Å². The third kappa shape index (κ3) is 5.68. The van der Waals surface area contributed by atoms with E-state index in [0.29, 0.717) is 12.0 Å². The van der Waals surface area contributed by atoms with Gasteiger partial charge in [0, 0.05) is 25.2 Å². The van der Waals surface area contributed by atoms with Crippen LogP contribution in [-0.2, 0) is 0 Å². The van der Waals surface area contributed by atoms with Gasteiger partial charge in [0.15, 0.2) is 0 Å². The Morgan fingerprint density at radius 1 is 1.22 bits per heavy atom. The van der Waals surface area contributed by atoms with E-state index in [0.717, 1.165) is 25.6 Å². The van der Waals surface area contributed by atoms with Gasteiger partial charge in [-0.2, -0.15) is 0 Å². The third-order valence-electron chi connectivity index (χ3n) is 3.83. The van der Waals surface area contributed by atoms with Gasteiger partial charge in [-0.15, -0.1) is 0 Å². The summed E-state index contributed by atoms with van der Waals surface area (Å²) in [7, 11) is 0. The molecule has 2 unspecified atom stereocenters. The summed E-state index contributed by atoms with van der Waals surface area (Å²) in [5.74, 6) is 0.764. The lowest BCUT2D eigenvalue weighted by atomic mass is 9.80. The van der Waals surface area contributed by atoms with Crippen LogP contribution in [0.4, 0.5) is 0 Å². The second-order valence-corrected chi connectivity index (χ2v) is 7.90. The van der Waals surface area contributed by atoms with E-state index in [1.807, 2.05) is 0 Å². The van der Waals surface area contributed by atoms with Crippen LogP contribution < -0.4 is 5.32 Å². The minimum atomic E-state index is -0.261. The molecule has 0 saturated carbocycles. The van der Waals surface area contributed by atoms with Crippen molar-refractivity contribution in [3.8, 4) is 0 Å². The number of aliphatic hydroxyl groups is 1. The molecule has 2 N–H and O–H groups in total. The first kappa shape index (κ1) is 15.9. The fourth-order valence-electron chi connectivity index (χ4n) is 2.49. The van der Waals surface area contributed by atoms with Crippen molar-refractivity contribution in [2.45, 2.75) is 59.6 Å². The zero-order valence-corrected chi connectivity index (χ0v) is 13.1. The highest BCUT2D eigenvalue weighted by Crippen LogP contribution is 2.33. The quantitative estimate of drug-likeness (QED) is 0.808. The van der Waals surface area contributed by atoms with Gasteiger partial charge in [0.05, 0.1) is 6.10 Å². The molecule has 3 heteroatoms. The molecule has 0 aromatic carbocycles. The Labute approximate surface area is 113 Å². The Kier molecular flexibility index (Phi) is 5.22. The zero-order valence-electron chi connectivity index (χ0n) is 13.1. The molecule has 1 heterocycles. The number of β-amino-alcohol motifs (C(OH)–C–C–N with tert-alkyl or cyclic N) is 1. The predicted molar refractivity (Wildman–Crippen MR) is 77.8 cm³/mol. The van der Waals surface area contributed by atoms with E-state index in [-0.39, 0.29) is 11.6 Å². The van der Waals surface area contributed by atoms with Gasteiger partial charge in [-0.05, 0) is 45.1 Å². The first-order valence-electron chi connectivity index (χ1n) is 7.23. The third-order valence-corrected chi connectivity index (χ3v) is 3.83. The molecule has 3 nitrogen and oxygen atoms in total. The van der Waals surface area contributed by atoms with Crippen LogP contribution in [0.25, 0.3) is 0 Å². The number of hydrogen-bond acceptors (Lipinski definition) is 3. The average Bonchev–Trinajstić information content (AvgIpc) is 2.61. The Morgan fingerprint density at radius 3 is 2.28 bits per heavy atom. The number of likely N-dealkylation sites (tertiary alicyclic amines) is 1. The molecule has 0 aromatic heterocycles. The van der Waals surface area contributed by atoms with Crippen LogP contribution >= 0.6 is 0 Å². The monoisotopic (exact) mass is 256 g/mol. The van der Waals surface area contributed by atoms with Gasteiger partial charge in [-0.25, -0.2) is 0 Å². The first-order valence-corrected chi connectivity index (χ1v) is 7.23. The number of aliphatic hydroxyl groups excluding tert-OH is 1. The normalized spacial score (nSPS) is 24.5. The molecular weight excluding hydrogens is 224 g/mol. The average molecular weight is 256 g/mol. The number of nitrogens with zero attached hydrogens (tertiary/aromatic N) is 1. The highest BCUT2D eigenvalue weighted by atomic mass is 16.3. The van der Waals surface area contributed by atoms with Crippen LogP contribution in [0.5, 0.6) is 0 Å². The topological polar surface area (TPSA) is 35.5 Å². The van der Waals surface area contributed by atoms with Gasteiger partial charge in [0.2, 0.25) is 0 Å². The molecular formula is C15H32N2O. The highest BCUT2D eigenvalue weighted by molar-refractivity contribution is 4.85. The van der Waals surface area contributed by atoms with E-state index in [1.54, 1.807) is 0 Å². The fraction of sp³-hybridized carbons (Fsp3) is 1.00. The molecule has 18 heavy (non-hydrogen) atoms. The summed E-state index contributed by atoms with van der Waals surface area (Å²) < 4.78 is 0. The van der Waals surface area contributed by atoms with E-state index in [2.05, 4.69) is 51.8 Å². The minimum Gasteiger partial charge on any atom is -0.390 e. The van der Waals surface area contributed by atoms with E-state index in [9.17, 15) is 5.11 Å². The predicted octanol–water partition coefficient (Wildman–Crippen LogP) is 2.10. The van der Waals surface area contributed by atoms with Crippen molar-refractivity contribution in [2.24, 2.45) is 11.3 Å². The lowest BCUT2D eigenvalue weighted by Gasteiger charge is -2.28. The van der Waals surface area contributed by atoms with E-state index in [4.69, 9.17) is 0 Å². The molecule has 0 radical (unpaired) electrons. The van der Waals surface area contributed by atoms with Crippen LogP contribution in [0.3, 0.4) is 0 Å². The highest BCUT2D eigenvalue weighted by Gasteiger charge is 2.32. The lowest BCUT2D eigenvalue weighted by Crippen LogP contribution is -2.44. The maximum atomic E-state index is 10.1. The van der Waals surface area contributed by atoms with Crippen LogP contribution in [0, 0.1) is 11.3 Å². The minimum absolute atomic E-state index is 0.0833. The van der Waals surface area contributed by atoms with Crippen molar-refractivity contribution in [1.29, 1.82) is 0 Å². The summed E-state index contributed by atoms with van der Waals surface area (Å²) >= 11 is 0. The van der Waals surface area contributed by atoms with Crippen molar-refractivity contribution in [2.75, 3.05) is 26.2 Å². The number of nitrogens with one attached hydrogen (secondary N) is 1. The zero-order chi connectivity index (χ0) is 14.0. The van der Waals surface area contributed by atoms with Gasteiger partial charge >= 0.3 is 0 Å². The van der Waals surface area contributed by atoms with Crippen molar-refractivity contribution < 1.29 is 5.11 Å². The van der Waals surface area contributed by atoms with Gasteiger partial charge in [0.1, 0.15) is 0 Å². The van der Waals surface area contributed by atoms with Crippen molar-refractivity contribution in [1.82, 2.24) is 10.2 Å². The van der Waals surface area contributed by atoms with Gasteiger partial charge in [-0.1, -0.05) is 20.8 Å². The molecule has 0 bridgehead atoms. The second-order valence-electron chi connectivity index (χ2n) is 7.90. The molecule has 0 aliphatic carbocycles. The summed E-state index contributed by atoms with van der Waals surface area (Å²) in [5, 5.41) is 13.4. The summed E-state index contributed by atoms with van der Waals surface area (Å²) in [6, 6.07) is 0. The van der Waals surface area contributed by atoms with Crippen LogP contribution in [0.2, 0.25) is 0 Å². The number of hydrogen-bond donors (Lipinski definition) is 2. The molecule has 1 aliphatic heterocycles. The van der Waals surface area contributed by atoms with Crippen molar-refractivity contribution >= 4 is 0 Å². The standard InChI is InChI=1S/C15H32N2O/c1-14(2,3)12-7-8-17(10-12)11-13(18)9-16-15(4,5)6/h12-13,16,18H,7-11H2,1-6H3. The fourth-order valence-corrected chi connectivity index (χ4v) is 2.49. The SMILES string of the molecule is CC(C)(C)NCC(O)CN1CCC(C(C)(C)C)C1. The second kappa shape index (κ2) is 5.89. The Balaban J connectivity index is 2.28. The maximum Gasteiger partial charge on any atom is 0.0791 e. The van der Waals surface area contributed by atoms with Crippen LogP contribution in [-0.4, -0.2) is 47.8 Å². The van der Waals surface area contributed by atoms with E-state index < -0.39 is 0 Å². The first-order chi connectivity index (χ1) is 8.08. The summed E-state index contributed by atoms with van der Waals surface area (Å²) in [4.78, 5) is 2.41. The molecule has 108 valence electrons. The van der Waals surface area contributed by atoms with Crippen LogP contribution in [0.1, 0.15) is 48.0 Å². The van der Waals surface area contributed by atoms with Crippen LogP contribution in [0.15, 0.2) is 0 Å². The molecule has 1 saturated heterocycles.